The predicted octanol–water partition coefficient (Wildman–Crippen LogP) is 2.54. The van der Waals surface area contributed by atoms with Gasteiger partial charge in [-0.05, 0) is 37.1 Å². The summed E-state index contributed by atoms with van der Waals surface area (Å²) in [6.07, 6.45) is 2.94. The van der Waals surface area contributed by atoms with Crippen molar-refractivity contribution in [2.75, 3.05) is 11.9 Å². The van der Waals surface area contributed by atoms with E-state index in [4.69, 9.17) is 0 Å². The van der Waals surface area contributed by atoms with E-state index in [2.05, 4.69) is 10.3 Å². The van der Waals surface area contributed by atoms with Crippen LogP contribution < -0.4 is 10.2 Å². The number of nitrogens with zero attached hydrogens (tertiary/aromatic N) is 2. The molecule has 3 rings (SSSR count). The summed E-state index contributed by atoms with van der Waals surface area (Å²) < 4.78 is 0. The molecule has 0 radical (unpaired) electrons. The SMILES string of the molecule is CC(NC(=O)c1ccc2c(c1)CCC(=O)N2C)c1cncs1. The fourth-order valence-corrected chi connectivity index (χ4v) is 3.22. The summed E-state index contributed by atoms with van der Waals surface area (Å²) in [6.45, 7) is 1.94. The second kappa shape index (κ2) is 5.88. The Bertz CT molecular complexity index is 712. The second-order valence-corrected chi connectivity index (χ2v) is 6.31. The molecular weight excluding hydrogens is 298 g/mol. The molecule has 22 heavy (non-hydrogen) atoms. The number of hydrogen-bond donors (Lipinski definition) is 1. The highest BCUT2D eigenvalue weighted by molar-refractivity contribution is 7.09. The summed E-state index contributed by atoms with van der Waals surface area (Å²) in [5.74, 6) is 0.00627. The molecule has 1 unspecified atom stereocenters. The van der Waals surface area contributed by atoms with Crippen LogP contribution in [0.3, 0.4) is 0 Å². The third kappa shape index (κ3) is 2.74. The number of thiazole rings is 1. The number of aryl methyl sites for hydroxylation is 1. The van der Waals surface area contributed by atoms with Crippen LogP contribution in [-0.2, 0) is 11.2 Å². The summed E-state index contributed by atoms with van der Waals surface area (Å²) in [6, 6.07) is 5.43. The minimum atomic E-state index is -0.108. The van der Waals surface area contributed by atoms with Gasteiger partial charge in [-0.25, -0.2) is 0 Å². The van der Waals surface area contributed by atoms with E-state index in [0.717, 1.165) is 16.1 Å². The van der Waals surface area contributed by atoms with Gasteiger partial charge in [0.05, 0.1) is 11.6 Å². The molecule has 2 aromatic rings. The molecule has 1 N–H and O–H groups in total. The van der Waals surface area contributed by atoms with Crippen LogP contribution in [-0.4, -0.2) is 23.8 Å². The molecular formula is C16H17N3O2S. The predicted molar refractivity (Wildman–Crippen MR) is 86.2 cm³/mol. The molecule has 0 bridgehead atoms. The molecule has 0 spiro atoms. The maximum Gasteiger partial charge on any atom is 0.251 e. The molecule has 2 amide bonds. The highest BCUT2D eigenvalue weighted by Gasteiger charge is 2.22. The fraction of sp³-hybridized carbons (Fsp3) is 0.312. The standard InChI is InChI=1S/C16H17N3O2S/c1-10(14-8-17-9-22-14)18-16(21)12-3-5-13-11(7-12)4-6-15(20)19(13)2/h3,5,7-10H,4,6H2,1-2H3,(H,18,21). The lowest BCUT2D eigenvalue weighted by Gasteiger charge is -2.26. The number of hydrogen-bond acceptors (Lipinski definition) is 4. The van der Waals surface area contributed by atoms with Gasteiger partial charge in [0.15, 0.2) is 0 Å². The first-order valence-corrected chi connectivity index (χ1v) is 8.03. The zero-order chi connectivity index (χ0) is 15.7. The Labute approximate surface area is 133 Å². The number of anilines is 1. The molecule has 1 aliphatic heterocycles. The van der Waals surface area contributed by atoms with E-state index < -0.39 is 0 Å². The van der Waals surface area contributed by atoms with E-state index in [1.165, 1.54) is 11.3 Å². The van der Waals surface area contributed by atoms with Crippen molar-refractivity contribution in [1.82, 2.24) is 10.3 Å². The van der Waals surface area contributed by atoms with Crippen LogP contribution in [0.5, 0.6) is 0 Å². The molecule has 114 valence electrons. The van der Waals surface area contributed by atoms with Crippen molar-refractivity contribution in [3.63, 3.8) is 0 Å². The zero-order valence-corrected chi connectivity index (χ0v) is 13.3. The van der Waals surface area contributed by atoms with Crippen LogP contribution >= 0.6 is 11.3 Å². The Hall–Kier alpha value is -2.21. The first-order valence-electron chi connectivity index (χ1n) is 7.15. The third-order valence-corrected chi connectivity index (χ3v) is 4.87. The number of carbonyl (C=O) groups excluding carboxylic acids is 2. The van der Waals surface area contributed by atoms with Crippen molar-refractivity contribution in [2.45, 2.75) is 25.8 Å². The summed E-state index contributed by atoms with van der Waals surface area (Å²) in [7, 11) is 1.77. The lowest BCUT2D eigenvalue weighted by atomic mass is 9.99. The maximum atomic E-state index is 12.4. The highest BCUT2D eigenvalue weighted by atomic mass is 32.1. The van der Waals surface area contributed by atoms with Gasteiger partial charge in [0.1, 0.15) is 0 Å². The number of carbonyl (C=O) groups is 2. The Morgan fingerprint density at radius 1 is 1.41 bits per heavy atom. The maximum absolute atomic E-state index is 12.4. The van der Waals surface area contributed by atoms with Crippen LogP contribution in [0.25, 0.3) is 0 Å². The number of fused-ring (bicyclic) bond motifs is 1. The van der Waals surface area contributed by atoms with Crippen LogP contribution in [0, 0.1) is 0 Å². The molecule has 1 aromatic carbocycles. The van der Waals surface area contributed by atoms with Crippen LogP contribution in [0.4, 0.5) is 5.69 Å². The van der Waals surface area contributed by atoms with Gasteiger partial charge in [-0.1, -0.05) is 0 Å². The minimum absolute atomic E-state index is 0.0692. The summed E-state index contributed by atoms with van der Waals surface area (Å²) in [5.41, 5.74) is 4.31. The largest absolute Gasteiger partial charge is 0.345 e. The van der Waals surface area contributed by atoms with Gasteiger partial charge < -0.3 is 10.2 Å². The molecule has 0 aliphatic carbocycles. The molecule has 1 atom stereocenters. The molecule has 0 saturated carbocycles. The molecule has 2 heterocycles. The molecule has 5 nitrogen and oxygen atoms in total. The van der Waals surface area contributed by atoms with Crippen molar-refractivity contribution >= 4 is 28.8 Å². The highest BCUT2D eigenvalue weighted by Crippen LogP contribution is 2.27. The van der Waals surface area contributed by atoms with Crippen molar-refractivity contribution in [2.24, 2.45) is 0 Å². The van der Waals surface area contributed by atoms with Crippen LogP contribution in [0.15, 0.2) is 29.9 Å². The van der Waals surface area contributed by atoms with Gasteiger partial charge >= 0.3 is 0 Å². The van der Waals surface area contributed by atoms with Crippen molar-refractivity contribution in [1.29, 1.82) is 0 Å². The molecule has 6 heteroatoms. The van der Waals surface area contributed by atoms with Gasteiger partial charge in [0.25, 0.3) is 5.91 Å². The monoisotopic (exact) mass is 315 g/mol. The number of rotatable bonds is 3. The lowest BCUT2D eigenvalue weighted by molar-refractivity contribution is -0.118. The normalized spacial score (nSPS) is 15.4. The van der Waals surface area contributed by atoms with Gasteiger partial charge in [-0.2, -0.15) is 0 Å². The molecule has 1 aromatic heterocycles. The van der Waals surface area contributed by atoms with E-state index in [0.29, 0.717) is 18.4 Å². The van der Waals surface area contributed by atoms with Crippen molar-refractivity contribution in [3.8, 4) is 0 Å². The Morgan fingerprint density at radius 2 is 2.23 bits per heavy atom. The Kier molecular flexibility index (Phi) is 3.94. The Balaban J connectivity index is 1.78. The van der Waals surface area contributed by atoms with Crippen molar-refractivity contribution < 1.29 is 9.59 Å². The van der Waals surface area contributed by atoms with Gasteiger partial charge in [-0.15, -0.1) is 11.3 Å². The van der Waals surface area contributed by atoms with Crippen LogP contribution in [0.1, 0.15) is 40.2 Å². The summed E-state index contributed by atoms with van der Waals surface area (Å²) >= 11 is 1.52. The lowest BCUT2D eigenvalue weighted by Crippen LogP contribution is -2.31. The van der Waals surface area contributed by atoms with Gasteiger partial charge in [0, 0.05) is 35.8 Å². The first kappa shape index (κ1) is 14.7. The first-order chi connectivity index (χ1) is 10.6. The van der Waals surface area contributed by atoms with E-state index in [1.807, 2.05) is 19.1 Å². The number of benzene rings is 1. The van der Waals surface area contributed by atoms with Gasteiger partial charge in [-0.3, -0.25) is 14.6 Å². The fourth-order valence-electron chi connectivity index (χ4n) is 2.59. The van der Waals surface area contributed by atoms with E-state index >= 15 is 0 Å². The second-order valence-electron chi connectivity index (χ2n) is 5.40. The average molecular weight is 315 g/mol. The summed E-state index contributed by atoms with van der Waals surface area (Å²) in [4.78, 5) is 30.8. The topological polar surface area (TPSA) is 62.3 Å². The number of nitrogens with one attached hydrogen (secondary N) is 1. The quantitative estimate of drug-likeness (QED) is 0.947. The minimum Gasteiger partial charge on any atom is -0.345 e. The summed E-state index contributed by atoms with van der Waals surface area (Å²) in [5, 5.41) is 2.98. The van der Waals surface area contributed by atoms with Crippen LogP contribution in [0.2, 0.25) is 0 Å². The average Bonchev–Trinajstić information content (AvgIpc) is 3.05. The van der Waals surface area contributed by atoms with E-state index in [9.17, 15) is 9.59 Å². The van der Waals surface area contributed by atoms with Crippen molar-refractivity contribution in [3.05, 3.63) is 45.9 Å². The zero-order valence-electron chi connectivity index (χ0n) is 12.5. The van der Waals surface area contributed by atoms with E-state index in [1.54, 1.807) is 29.7 Å². The number of aromatic nitrogens is 1. The van der Waals surface area contributed by atoms with Gasteiger partial charge in [0.2, 0.25) is 5.91 Å². The Morgan fingerprint density at radius 3 is 2.95 bits per heavy atom. The smallest absolute Gasteiger partial charge is 0.251 e. The molecule has 0 saturated heterocycles. The number of amides is 2. The molecule has 1 aliphatic rings. The van der Waals surface area contributed by atoms with E-state index in [-0.39, 0.29) is 17.9 Å². The third-order valence-electron chi connectivity index (χ3n) is 3.91. The molecule has 0 fully saturated rings.